The third kappa shape index (κ3) is 9.84. The van der Waals surface area contributed by atoms with Crippen molar-refractivity contribution in [3.63, 3.8) is 0 Å². The van der Waals surface area contributed by atoms with Gasteiger partial charge in [-0.2, -0.15) is 23.3 Å². The van der Waals surface area contributed by atoms with Crippen LogP contribution in [0.2, 0.25) is 0 Å². The van der Waals surface area contributed by atoms with Crippen LogP contribution < -0.4 is 29.6 Å². The number of halogens is 2. The Labute approximate surface area is 371 Å². The van der Waals surface area contributed by atoms with E-state index in [0.717, 1.165) is 5.75 Å². The zero-order chi connectivity index (χ0) is 38.8. The maximum Gasteiger partial charge on any atom is 4.00 e. The van der Waals surface area contributed by atoms with Gasteiger partial charge in [-0.1, -0.05) is 151 Å². The summed E-state index contributed by atoms with van der Waals surface area (Å²) in [5.41, 5.74) is 18.5. The Morgan fingerprint density at radius 2 is 1.25 bits per heavy atom. The first-order valence-electron chi connectivity index (χ1n) is 19.9. The molecule has 0 aliphatic heterocycles. The third-order valence-electron chi connectivity index (χ3n) is 11.5. The molecule has 3 aliphatic rings. The van der Waals surface area contributed by atoms with Gasteiger partial charge < -0.3 is 29.6 Å². The van der Waals surface area contributed by atoms with Crippen LogP contribution >= 0.6 is 0 Å². The number of allylic oxidation sites excluding steroid dienone is 8. The van der Waals surface area contributed by atoms with Crippen molar-refractivity contribution in [2.45, 2.75) is 144 Å². The second-order valence-corrected chi connectivity index (χ2v) is 20.1. The van der Waals surface area contributed by atoms with E-state index < -0.39 is 0 Å². The van der Waals surface area contributed by atoms with Gasteiger partial charge in [-0.05, 0) is 85.8 Å². The molecule has 0 saturated carbocycles. The minimum Gasteiger partial charge on any atom is -1.00 e. The average molecular weight is 867 g/mol. The van der Waals surface area contributed by atoms with E-state index in [1.165, 1.54) is 91.3 Å². The fourth-order valence-corrected chi connectivity index (χ4v) is 8.38. The van der Waals surface area contributed by atoms with E-state index in [4.69, 9.17) is 4.74 Å². The third-order valence-corrected chi connectivity index (χ3v) is 11.5. The van der Waals surface area contributed by atoms with Crippen LogP contribution in [0.3, 0.4) is 0 Å². The van der Waals surface area contributed by atoms with E-state index in [1.807, 2.05) is 0 Å². The number of benzene rings is 3. The molecular formula is C52H64Cl2OZr. The fraction of sp³-hybridized carbons (Fsp3) is 0.442. The summed E-state index contributed by atoms with van der Waals surface area (Å²) in [6, 6.07) is 23.2. The van der Waals surface area contributed by atoms with Crippen LogP contribution in [-0.4, -0.2) is 7.11 Å². The van der Waals surface area contributed by atoms with Crippen molar-refractivity contribution < 1.29 is 55.8 Å². The van der Waals surface area contributed by atoms with Gasteiger partial charge in [-0.25, -0.2) is 0 Å². The Bertz CT molecular complexity index is 2140. The van der Waals surface area contributed by atoms with E-state index in [1.54, 1.807) is 18.3 Å². The van der Waals surface area contributed by atoms with Gasteiger partial charge in [0.1, 0.15) is 5.75 Å². The summed E-state index contributed by atoms with van der Waals surface area (Å²) in [7, 11) is 1.79. The molecule has 0 saturated heterocycles. The molecule has 0 N–H and O–H groups in total. The molecule has 7 rings (SSSR count). The molecule has 0 fully saturated rings. The van der Waals surface area contributed by atoms with E-state index in [9.17, 15) is 0 Å². The van der Waals surface area contributed by atoms with Crippen molar-refractivity contribution in [2.75, 3.05) is 7.11 Å². The van der Waals surface area contributed by atoms with Crippen LogP contribution in [0.5, 0.6) is 5.75 Å². The Balaban J connectivity index is 0.000000285. The van der Waals surface area contributed by atoms with Gasteiger partial charge in [-0.3, -0.25) is 0 Å². The van der Waals surface area contributed by atoms with Crippen LogP contribution in [0.25, 0.3) is 21.9 Å². The van der Waals surface area contributed by atoms with Gasteiger partial charge >= 0.3 is 26.2 Å². The predicted octanol–water partition coefficient (Wildman–Crippen LogP) is 8.62. The molecule has 1 atom stereocenters. The van der Waals surface area contributed by atoms with Crippen molar-refractivity contribution >= 4 is 10.8 Å². The summed E-state index contributed by atoms with van der Waals surface area (Å²) in [4.78, 5) is 0. The maximum absolute atomic E-state index is 5.97. The largest absolute Gasteiger partial charge is 4.00 e. The second kappa shape index (κ2) is 17.4. The first-order chi connectivity index (χ1) is 24.6. The standard InChI is InChI=1S/C27H33.C25H31O.2ClH.Zr/c1-17-11-19-13-18-9-8-10-23(18)25(24(19)12-17)20-14-21(26(2,3)4)16-22(15-20)27(5,6)7;1-16-13-18-15-21(25(5,6)7)23(26-8)22(20(18)14-16)17-9-11-19(12-10-17)24(2,3)4;;;/h12-16,25H,8-10H2,1-7H3;9-15H,1-8H3;2*1H;/q2*-1;;;+4/p-2. The molecule has 4 aromatic rings. The first-order valence-corrected chi connectivity index (χ1v) is 19.9. The van der Waals surface area contributed by atoms with Gasteiger partial charge in [0, 0.05) is 0 Å². The zero-order valence-corrected chi connectivity index (χ0v) is 40.8. The molecule has 4 aromatic carbocycles. The smallest absolute Gasteiger partial charge is 1.00 e. The molecule has 0 amide bonds. The predicted molar refractivity (Wildman–Crippen MR) is 230 cm³/mol. The number of aryl methyl sites for hydroxylation is 1. The minimum absolute atomic E-state index is 0. The van der Waals surface area contributed by atoms with Crippen LogP contribution in [-0.2, 0) is 47.9 Å². The first kappa shape index (κ1) is 47.9. The molecule has 0 spiro atoms. The molecule has 0 heterocycles. The monoisotopic (exact) mass is 864 g/mol. The summed E-state index contributed by atoms with van der Waals surface area (Å²) in [6.45, 7) is 31.8. The van der Waals surface area contributed by atoms with Gasteiger partial charge in [0.15, 0.2) is 0 Å². The number of rotatable bonds is 3. The van der Waals surface area contributed by atoms with E-state index in [0.29, 0.717) is 5.92 Å². The molecule has 56 heavy (non-hydrogen) atoms. The number of hydrogen-bond acceptors (Lipinski definition) is 1. The topological polar surface area (TPSA) is 9.23 Å². The quantitative estimate of drug-likeness (QED) is 0.188. The molecule has 0 aromatic heterocycles. The van der Waals surface area contributed by atoms with Crippen LogP contribution in [0.4, 0.5) is 0 Å². The van der Waals surface area contributed by atoms with Gasteiger partial charge in [0.05, 0.1) is 7.11 Å². The zero-order valence-electron chi connectivity index (χ0n) is 36.8. The Hall–Kier alpha value is -2.51. The molecule has 296 valence electrons. The van der Waals surface area contributed by atoms with E-state index in [2.05, 4.69) is 176 Å². The average Bonchev–Trinajstić information content (AvgIpc) is 3.77. The van der Waals surface area contributed by atoms with Crippen molar-refractivity contribution in [3.05, 3.63) is 140 Å². The molecule has 3 aliphatic carbocycles. The Kier molecular flexibility index (Phi) is 14.9. The maximum atomic E-state index is 5.97. The summed E-state index contributed by atoms with van der Waals surface area (Å²) in [5.74, 6) is 1.41. The Morgan fingerprint density at radius 3 is 1.77 bits per heavy atom. The van der Waals surface area contributed by atoms with Crippen molar-refractivity contribution in [2.24, 2.45) is 0 Å². The molecule has 0 bridgehead atoms. The number of fused-ring (bicyclic) bond motifs is 2. The summed E-state index contributed by atoms with van der Waals surface area (Å²) >= 11 is 0. The minimum atomic E-state index is 0. The van der Waals surface area contributed by atoms with Crippen LogP contribution in [0.1, 0.15) is 149 Å². The number of methoxy groups -OCH3 is 1. The Morgan fingerprint density at radius 1 is 0.679 bits per heavy atom. The molecule has 1 nitrogen and oxygen atoms in total. The molecule has 0 radical (unpaired) electrons. The fourth-order valence-electron chi connectivity index (χ4n) is 8.38. The van der Waals surface area contributed by atoms with E-state index >= 15 is 0 Å². The van der Waals surface area contributed by atoms with Gasteiger partial charge in [-0.15, -0.1) is 46.2 Å². The number of hydrogen-bond donors (Lipinski definition) is 0. The van der Waals surface area contributed by atoms with Gasteiger partial charge in [0.25, 0.3) is 0 Å². The SMILES string of the molecule is CC1=[C-]C2=CC3=C(CCC3)C(c3cc(C(C)(C)C)cc(C(C)(C)C)c3)C2=C1.COc1c(C(C)(C)C)cc2[cH-]c(C)cc2c1-c1ccc(C(C)(C)C)cc1.[Cl-].[Cl-].[Zr+4]. The second-order valence-electron chi connectivity index (χ2n) is 20.1. The molecule has 4 heteroatoms. The van der Waals surface area contributed by atoms with Crippen LogP contribution in [0, 0.1) is 13.0 Å². The molecule has 1 unspecified atom stereocenters. The number of ether oxygens (including phenoxy) is 1. The normalized spacial score (nSPS) is 16.6. The summed E-state index contributed by atoms with van der Waals surface area (Å²) < 4.78 is 5.97. The van der Waals surface area contributed by atoms with Crippen molar-refractivity contribution in [1.82, 2.24) is 0 Å². The summed E-state index contributed by atoms with van der Waals surface area (Å²) in [6.07, 6.45) is 12.2. The van der Waals surface area contributed by atoms with Crippen molar-refractivity contribution in [1.29, 1.82) is 0 Å². The van der Waals surface area contributed by atoms with E-state index in [-0.39, 0.29) is 72.7 Å². The summed E-state index contributed by atoms with van der Waals surface area (Å²) in [5, 5.41) is 2.57. The van der Waals surface area contributed by atoms with Crippen LogP contribution in [0.15, 0.2) is 101 Å². The van der Waals surface area contributed by atoms with Gasteiger partial charge in [0.2, 0.25) is 0 Å². The molecular weight excluding hydrogens is 803 g/mol. The van der Waals surface area contributed by atoms with Crippen molar-refractivity contribution in [3.8, 4) is 16.9 Å².